The van der Waals surface area contributed by atoms with E-state index in [1.165, 1.54) is 16.7 Å². The fraction of sp³-hybridized carbons (Fsp3) is 0.526. The number of hydrogen-bond donors (Lipinski definition) is 2. The predicted octanol–water partition coefficient (Wildman–Crippen LogP) is 1.65. The monoisotopic (exact) mass is 391 g/mol. The molecule has 2 aliphatic rings. The molecule has 8 heteroatoms. The Balaban J connectivity index is 1.90. The molecule has 27 heavy (non-hydrogen) atoms. The number of alkyl carbamates (subject to hydrolysis) is 1. The van der Waals surface area contributed by atoms with Crippen LogP contribution in [0.2, 0.25) is 0 Å². The molecule has 2 fully saturated rings. The molecule has 7 nitrogen and oxygen atoms in total. The Morgan fingerprint density at radius 2 is 2.00 bits per heavy atom. The van der Waals surface area contributed by atoms with Crippen LogP contribution in [0.3, 0.4) is 0 Å². The second-order valence-corrected chi connectivity index (χ2v) is 9.20. The quantitative estimate of drug-likeness (QED) is 0.813. The van der Waals surface area contributed by atoms with Crippen LogP contribution in [0.1, 0.15) is 32.8 Å². The number of amides is 3. The number of primary amides is 1. The van der Waals surface area contributed by atoms with Crippen molar-refractivity contribution < 1.29 is 19.1 Å². The van der Waals surface area contributed by atoms with Crippen molar-refractivity contribution in [2.24, 2.45) is 5.73 Å². The zero-order chi connectivity index (χ0) is 19.8. The number of nitrogens with one attached hydrogen (secondary N) is 1. The molecule has 1 aromatic rings. The minimum Gasteiger partial charge on any atom is -0.444 e. The second-order valence-electron chi connectivity index (χ2n) is 7.99. The summed E-state index contributed by atoms with van der Waals surface area (Å²) in [5.41, 5.74) is 4.57. The molecule has 0 spiro atoms. The average Bonchev–Trinajstić information content (AvgIpc) is 3.06. The maximum atomic E-state index is 13.4. The first-order valence-corrected chi connectivity index (χ1v) is 9.95. The van der Waals surface area contributed by atoms with Crippen molar-refractivity contribution >= 4 is 29.7 Å². The van der Waals surface area contributed by atoms with Gasteiger partial charge in [-0.25, -0.2) is 4.79 Å². The molecule has 0 saturated carbocycles. The van der Waals surface area contributed by atoms with Crippen LogP contribution in [0.25, 0.3) is 0 Å². The van der Waals surface area contributed by atoms with Gasteiger partial charge >= 0.3 is 6.09 Å². The first kappa shape index (κ1) is 19.5. The maximum absolute atomic E-state index is 13.4. The van der Waals surface area contributed by atoms with Crippen molar-refractivity contribution in [3.05, 3.63) is 35.9 Å². The fourth-order valence-electron chi connectivity index (χ4n) is 3.58. The summed E-state index contributed by atoms with van der Waals surface area (Å²) < 4.78 is 5.39. The summed E-state index contributed by atoms with van der Waals surface area (Å²) in [7, 11) is 0. The molecule has 3 N–H and O–H groups in total. The van der Waals surface area contributed by atoms with Crippen molar-refractivity contribution in [3.63, 3.8) is 0 Å². The van der Waals surface area contributed by atoms with Gasteiger partial charge in [-0.2, -0.15) is 0 Å². The zero-order valence-electron chi connectivity index (χ0n) is 15.7. The summed E-state index contributed by atoms with van der Waals surface area (Å²) in [5, 5.41) is 2.63. The Hall–Kier alpha value is -2.22. The summed E-state index contributed by atoms with van der Waals surface area (Å²) in [4.78, 5) is 39.2. The fourth-order valence-corrected chi connectivity index (χ4v) is 5.12. The van der Waals surface area contributed by atoms with E-state index in [9.17, 15) is 14.4 Å². The molecule has 146 valence electrons. The highest BCUT2D eigenvalue weighted by Gasteiger charge is 2.58. The zero-order valence-corrected chi connectivity index (χ0v) is 16.5. The molecule has 2 aliphatic heterocycles. The lowest BCUT2D eigenvalue weighted by Gasteiger charge is -2.31. The van der Waals surface area contributed by atoms with Crippen LogP contribution in [-0.2, 0) is 20.7 Å². The number of ether oxygens (including phenoxy) is 1. The molecule has 2 heterocycles. The van der Waals surface area contributed by atoms with E-state index in [1.54, 1.807) is 20.8 Å². The summed E-state index contributed by atoms with van der Waals surface area (Å²) >= 11 is 1.52. The van der Waals surface area contributed by atoms with E-state index in [1.807, 2.05) is 30.3 Å². The molecule has 3 rings (SSSR count). The third-order valence-corrected chi connectivity index (χ3v) is 5.96. The van der Waals surface area contributed by atoms with Crippen LogP contribution in [0.5, 0.6) is 0 Å². The third kappa shape index (κ3) is 4.05. The lowest BCUT2D eigenvalue weighted by molar-refractivity contribution is -0.139. The molecule has 3 atom stereocenters. The van der Waals surface area contributed by atoms with Crippen LogP contribution in [0.15, 0.2) is 30.3 Å². The number of nitrogens with two attached hydrogens (primary N) is 1. The summed E-state index contributed by atoms with van der Waals surface area (Å²) in [5.74, 6) is -0.318. The number of benzene rings is 1. The predicted molar refractivity (Wildman–Crippen MR) is 103 cm³/mol. The molecule has 3 amide bonds. The lowest BCUT2D eigenvalue weighted by Crippen LogP contribution is -2.58. The molecular weight excluding hydrogens is 366 g/mol. The minimum atomic E-state index is -1.16. The molecule has 1 aromatic carbocycles. The van der Waals surface area contributed by atoms with Gasteiger partial charge in [0, 0.05) is 18.6 Å². The van der Waals surface area contributed by atoms with Gasteiger partial charge in [0.15, 0.2) is 0 Å². The average molecular weight is 391 g/mol. The van der Waals surface area contributed by atoms with Gasteiger partial charge in [0.1, 0.15) is 17.2 Å². The number of thioether (sulfide) groups is 1. The van der Waals surface area contributed by atoms with E-state index in [0.29, 0.717) is 18.6 Å². The number of carbonyl (C=O) groups excluding carboxylic acids is 3. The molecule has 0 aliphatic carbocycles. The Morgan fingerprint density at radius 3 is 2.59 bits per heavy atom. The van der Waals surface area contributed by atoms with E-state index < -0.39 is 29.2 Å². The molecule has 0 bridgehead atoms. The SMILES string of the molecule is CC(C)(C)OC(=O)N[C@]1(Cc2ccccc2)C[C@H]2SC[C@H](C(N)=O)N2C1=O. The van der Waals surface area contributed by atoms with Crippen LogP contribution < -0.4 is 11.1 Å². The number of hydrogen-bond acceptors (Lipinski definition) is 5. The van der Waals surface area contributed by atoms with Crippen molar-refractivity contribution in [2.75, 3.05) is 5.75 Å². The van der Waals surface area contributed by atoms with Gasteiger partial charge < -0.3 is 20.7 Å². The van der Waals surface area contributed by atoms with E-state index in [0.717, 1.165) is 5.56 Å². The number of rotatable bonds is 4. The molecule has 2 saturated heterocycles. The standard InChI is InChI=1S/C19H25N3O4S/c1-18(2,3)26-17(25)21-19(9-12-7-5-4-6-8-12)10-14-22(16(19)24)13(11-27-14)15(20)23/h4-8,13-14H,9-11H2,1-3H3,(H2,20,23)(H,21,25)/t13-,14-,19-/m1/s1. The number of fused-ring (bicyclic) bond motifs is 1. The molecule has 0 unspecified atom stereocenters. The highest BCUT2D eigenvalue weighted by Crippen LogP contribution is 2.43. The van der Waals surface area contributed by atoms with Gasteiger partial charge in [0.05, 0.1) is 5.37 Å². The van der Waals surface area contributed by atoms with E-state index in [-0.39, 0.29) is 11.3 Å². The van der Waals surface area contributed by atoms with Crippen molar-refractivity contribution in [1.29, 1.82) is 0 Å². The first-order valence-electron chi connectivity index (χ1n) is 8.90. The number of carbonyl (C=O) groups is 3. The van der Waals surface area contributed by atoms with Gasteiger partial charge in [-0.3, -0.25) is 9.59 Å². The van der Waals surface area contributed by atoms with Gasteiger partial charge in [-0.1, -0.05) is 30.3 Å². The van der Waals surface area contributed by atoms with Crippen molar-refractivity contribution in [1.82, 2.24) is 10.2 Å². The second kappa shape index (κ2) is 7.07. The molecule has 0 aromatic heterocycles. The van der Waals surface area contributed by atoms with Crippen LogP contribution >= 0.6 is 11.8 Å². The van der Waals surface area contributed by atoms with E-state index in [4.69, 9.17) is 10.5 Å². The highest BCUT2D eigenvalue weighted by atomic mass is 32.2. The normalized spacial score (nSPS) is 27.4. The summed E-state index contributed by atoms with van der Waals surface area (Å²) in [6.45, 7) is 5.30. The Morgan fingerprint density at radius 1 is 1.33 bits per heavy atom. The summed E-state index contributed by atoms with van der Waals surface area (Å²) in [6, 6.07) is 8.84. The van der Waals surface area contributed by atoms with Crippen molar-refractivity contribution in [2.45, 2.75) is 56.2 Å². The van der Waals surface area contributed by atoms with Crippen LogP contribution in [0.4, 0.5) is 4.79 Å². The highest BCUT2D eigenvalue weighted by molar-refractivity contribution is 8.00. The largest absolute Gasteiger partial charge is 0.444 e. The van der Waals surface area contributed by atoms with E-state index in [2.05, 4.69) is 5.32 Å². The third-order valence-electron chi connectivity index (χ3n) is 4.68. The van der Waals surface area contributed by atoms with E-state index >= 15 is 0 Å². The number of nitrogens with zero attached hydrogens (tertiary/aromatic N) is 1. The smallest absolute Gasteiger partial charge is 0.408 e. The molecular formula is C19H25N3O4S. The Kier molecular flexibility index (Phi) is 5.12. The molecule has 0 radical (unpaired) electrons. The topological polar surface area (TPSA) is 102 Å². The summed E-state index contributed by atoms with van der Waals surface area (Å²) in [6.07, 6.45) is 0.0768. The van der Waals surface area contributed by atoms with Gasteiger partial charge in [-0.05, 0) is 26.3 Å². The van der Waals surface area contributed by atoms with Crippen molar-refractivity contribution in [3.8, 4) is 0 Å². The van der Waals surface area contributed by atoms with Crippen LogP contribution in [0, 0.1) is 0 Å². The Labute approximate surface area is 163 Å². The minimum absolute atomic E-state index is 0.186. The maximum Gasteiger partial charge on any atom is 0.408 e. The van der Waals surface area contributed by atoms with Crippen LogP contribution in [-0.4, -0.2) is 51.1 Å². The van der Waals surface area contributed by atoms with Gasteiger partial charge in [-0.15, -0.1) is 11.8 Å². The van der Waals surface area contributed by atoms with Gasteiger partial charge in [0.2, 0.25) is 5.91 Å². The Bertz CT molecular complexity index is 749. The first-order chi connectivity index (χ1) is 12.6. The van der Waals surface area contributed by atoms with Gasteiger partial charge in [0.25, 0.3) is 5.91 Å². The lowest BCUT2D eigenvalue weighted by atomic mass is 9.89.